The number of urea groups is 1. The van der Waals surface area contributed by atoms with Crippen LogP contribution in [0.4, 0.5) is 10.6 Å². The Hall–Kier alpha value is -2.11. The standard InChI is InChI=1S/C15H22N4O2/c1-10-7-11(2)16-14(8-10)18-15(21)19-6-4-5-13(9-19)17-12(3)20/h7-8,13H,4-6,9H2,1-3H3,(H,17,20)(H,16,18,21). The van der Waals surface area contributed by atoms with E-state index in [1.54, 1.807) is 4.90 Å². The number of likely N-dealkylation sites (tertiary alicyclic amines) is 1. The van der Waals surface area contributed by atoms with Crippen LogP contribution in [0.2, 0.25) is 0 Å². The maximum absolute atomic E-state index is 12.3. The number of nitrogens with zero attached hydrogens (tertiary/aromatic N) is 2. The van der Waals surface area contributed by atoms with E-state index in [9.17, 15) is 9.59 Å². The predicted molar refractivity (Wildman–Crippen MR) is 81.1 cm³/mol. The van der Waals surface area contributed by atoms with Gasteiger partial charge in [0.2, 0.25) is 5.91 Å². The Bertz CT molecular complexity index is 524. The van der Waals surface area contributed by atoms with Crippen molar-refractivity contribution in [1.82, 2.24) is 15.2 Å². The van der Waals surface area contributed by atoms with Crippen molar-refractivity contribution in [1.29, 1.82) is 0 Å². The fraction of sp³-hybridized carbons (Fsp3) is 0.533. The predicted octanol–water partition coefficient (Wildman–Crippen LogP) is 1.83. The minimum atomic E-state index is -0.164. The number of piperidine rings is 1. The van der Waals surface area contributed by atoms with Crippen LogP contribution in [-0.4, -0.2) is 41.0 Å². The summed E-state index contributed by atoms with van der Waals surface area (Å²) in [5.74, 6) is 0.511. The van der Waals surface area contributed by atoms with Crippen LogP contribution in [-0.2, 0) is 4.79 Å². The van der Waals surface area contributed by atoms with E-state index in [2.05, 4.69) is 15.6 Å². The van der Waals surface area contributed by atoms with Crippen molar-refractivity contribution in [3.8, 4) is 0 Å². The zero-order valence-electron chi connectivity index (χ0n) is 12.8. The molecule has 21 heavy (non-hydrogen) atoms. The summed E-state index contributed by atoms with van der Waals surface area (Å²) in [7, 11) is 0. The molecule has 0 saturated carbocycles. The number of hydrogen-bond donors (Lipinski definition) is 2. The van der Waals surface area contributed by atoms with Gasteiger partial charge < -0.3 is 10.2 Å². The lowest BCUT2D eigenvalue weighted by atomic mass is 10.1. The van der Waals surface area contributed by atoms with E-state index in [1.807, 2.05) is 26.0 Å². The van der Waals surface area contributed by atoms with Crippen LogP contribution >= 0.6 is 0 Å². The quantitative estimate of drug-likeness (QED) is 0.872. The largest absolute Gasteiger partial charge is 0.352 e. The molecule has 1 fully saturated rings. The van der Waals surface area contributed by atoms with Gasteiger partial charge in [-0.15, -0.1) is 0 Å². The van der Waals surface area contributed by atoms with Crippen molar-refractivity contribution in [2.45, 2.75) is 39.7 Å². The first-order valence-electron chi connectivity index (χ1n) is 7.22. The molecule has 0 aliphatic carbocycles. The lowest BCUT2D eigenvalue weighted by Gasteiger charge is -2.32. The molecule has 1 aliphatic rings. The minimum absolute atomic E-state index is 0.0363. The molecular formula is C15H22N4O2. The molecule has 2 heterocycles. The van der Waals surface area contributed by atoms with Crippen molar-refractivity contribution in [2.24, 2.45) is 0 Å². The molecule has 3 amide bonds. The van der Waals surface area contributed by atoms with Crippen LogP contribution in [0.25, 0.3) is 0 Å². The van der Waals surface area contributed by atoms with Gasteiger partial charge in [-0.25, -0.2) is 9.78 Å². The highest BCUT2D eigenvalue weighted by molar-refractivity contribution is 5.88. The highest BCUT2D eigenvalue weighted by Crippen LogP contribution is 2.14. The third kappa shape index (κ3) is 4.44. The van der Waals surface area contributed by atoms with E-state index in [-0.39, 0.29) is 18.0 Å². The van der Waals surface area contributed by atoms with Crippen molar-refractivity contribution in [3.05, 3.63) is 23.4 Å². The minimum Gasteiger partial charge on any atom is -0.352 e. The van der Waals surface area contributed by atoms with E-state index in [4.69, 9.17) is 0 Å². The molecule has 0 spiro atoms. The summed E-state index contributed by atoms with van der Waals surface area (Å²) in [6.07, 6.45) is 1.80. The van der Waals surface area contributed by atoms with Gasteiger partial charge in [-0.2, -0.15) is 0 Å². The number of carbonyl (C=O) groups excluding carboxylic acids is 2. The molecule has 1 atom stereocenters. The number of carbonyl (C=O) groups is 2. The molecule has 1 saturated heterocycles. The van der Waals surface area contributed by atoms with E-state index < -0.39 is 0 Å². The van der Waals surface area contributed by atoms with E-state index in [1.165, 1.54) is 6.92 Å². The summed E-state index contributed by atoms with van der Waals surface area (Å²) >= 11 is 0. The van der Waals surface area contributed by atoms with E-state index in [0.717, 1.165) is 24.1 Å². The third-order valence-corrected chi connectivity index (χ3v) is 3.45. The molecule has 0 aromatic carbocycles. The summed E-state index contributed by atoms with van der Waals surface area (Å²) in [4.78, 5) is 29.4. The lowest BCUT2D eigenvalue weighted by Crippen LogP contribution is -2.50. The van der Waals surface area contributed by atoms with Crippen LogP contribution in [0.15, 0.2) is 12.1 Å². The number of anilines is 1. The first-order chi connectivity index (χ1) is 9.94. The smallest absolute Gasteiger partial charge is 0.323 e. The number of amides is 3. The van der Waals surface area contributed by atoms with Gasteiger partial charge in [-0.3, -0.25) is 10.1 Å². The first kappa shape index (κ1) is 15.3. The van der Waals surface area contributed by atoms with Gasteiger partial charge in [-0.1, -0.05) is 0 Å². The molecule has 1 unspecified atom stereocenters. The van der Waals surface area contributed by atoms with Gasteiger partial charge in [-0.05, 0) is 44.4 Å². The SMILES string of the molecule is CC(=O)NC1CCCN(C(=O)Nc2cc(C)cc(C)n2)C1. The molecule has 2 N–H and O–H groups in total. The number of hydrogen-bond acceptors (Lipinski definition) is 3. The topological polar surface area (TPSA) is 74.3 Å². The molecule has 0 radical (unpaired) electrons. The Labute approximate surface area is 124 Å². The Kier molecular flexibility index (Phi) is 4.77. The zero-order valence-corrected chi connectivity index (χ0v) is 12.8. The second-order valence-corrected chi connectivity index (χ2v) is 5.59. The number of aryl methyl sites for hydroxylation is 2. The Morgan fingerprint density at radius 1 is 1.33 bits per heavy atom. The molecule has 0 bridgehead atoms. The molecular weight excluding hydrogens is 268 g/mol. The van der Waals surface area contributed by atoms with E-state index in [0.29, 0.717) is 18.9 Å². The number of nitrogens with one attached hydrogen (secondary N) is 2. The van der Waals surface area contributed by atoms with Gasteiger partial charge in [0.1, 0.15) is 5.82 Å². The molecule has 6 nitrogen and oxygen atoms in total. The summed E-state index contributed by atoms with van der Waals surface area (Å²) in [6, 6.07) is 3.68. The molecule has 1 aliphatic heterocycles. The maximum atomic E-state index is 12.3. The Balaban J connectivity index is 1.97. The van der Waals surface area contributed by atoms with Crippen LogP contribution in [0, 0.1) is 13.8 Å². The fourth-order valence-electron chi connectivity index (χ4n) is 2.66. The number of rotatable bonds is 2. The third-order valence-electron chi connectivity index (χ3n) is 3.45. The van der Waals surface area contributed by atoms with E-state index >= 15 is 0 Å². The summed E-state index contributed by atoms with van der Waals surface area (Å²) in [5.41, 5.74) is 1.94. The molecule has 1 aromatic heterocycles. The average Bonchev–Trinajstić information content (AvgIpc) is 2.36. The zero-order chi connectivity index (χ0) is 15.4. The van der Waals surface area contributed by atoms with Crippen LogP contribution < -0.4 is 10.6 Å². The Morgan fingerprint density at radius 3 is 2.76 bits per heavy atom. The van der Waals surface area contributed by atoms with Crippen LogP contribution in [0.1, 0.15) is 31.0 Å². The summed E-state index contributed by atoms with van der Waals surface area (Å²) in [5, 5.41) is 5.70. The fourth-order valence-corrected chi connectivity index (χ4v) is 2.66. The molecule has 114 valence electrons. The van der Waals surface area contributed by atoms with Crippen molar-refractivity contribution >= 4 is 17.8 Å². The first-order valence-corrected chi connectivity index (χ1v) is 7.22. The lowest BCUT2D eigenvalue weighted by molar-refractivity contribution is -0.119. The van der Waals surface area contributed by atoms with Gasteiger partial charge in [0.25, 0.3) is 0 Å². The van der Waals surface area contributed by atoms with Crippen LogP contribution in [0.5, 0.6) is 0 Å². The second kappa shape index (κ2) is 6.56. The summed E-state index contributed by atoms with van der Waals surface area (Å²) in [6.45, 7) is 6.61. The molecule has 6 heteroatoms. The van der Waals surface area contributed by atoms with Gasteiger partial charge in [0.15, 0.2) is 0 Å². The molecule has 1 aromatic rings. The summed E-state index contributed by atoms with van der Waals surface area (Å²) < 4.78 is 0. The average molecular weight is 290 g/mol. The van der Waals surface area contributed by atoms with Crippen molar-refractivity contribution in [2.75, 3.05) is 18.4 Å². The highest BCUT2D eigenvalue weighted by Gasteiger charge is 2.24. The maximum Gasteiger partial charge on any atom is 0.323 e. The second-order valence-electron chi connectivity index (χ2n) is 5.59. The van der Waals surface area contributed by atoms with Crippen molar-refractivity contribution in [3.63, 3.8) is 0 Å². The van der Waals surface area contributed by atoms with Gasteiger partial charge in [0, 0.05) is 31.7 Å². The van der Waals surface area contributed by atoms with Crippen LogP contribution in [0.3, 0.4) is 0 Å². The number of pyridine rings is 1. The monoisotopic (exact) mass is 290 g/mol. The molecule has 2 rings (SSSR count). The Morgan fingerprint density at radius 2 is 2.10 bits per heavy atom. The van der Waals surface area contributed by atoms with Crippen molar-refractivity contribution < 1.29 is 9.59 Å². The van der Waals surface area contributed by atoms with Gasteiger partial charge in [0.05, 0.1) is 0 Å². The normalized spacial score (nSPS) is 18.2. The van der Waals surface area contributed by atoms with Gasteiger partial charge >= 0.3 is 6.03 Å². The highest BCUT2D eigenvalue weighted by atomic mass is 16.2. The number of aromatic nitrogens is 1.